The highest BCUT2D eigenvalue weighted by molar-refractivity contribution is 7.90. The van der Waals surface area contributed by atoms with Gasteiger partial charge in [0.1, 0.15) is 0 Å². The molecule has 0 unspecified atom stereocenters. The van der Waals surface area contributed by atoms with Gasteiger partial charge in [0.2, 0.25) is 0 Å². The average Bonchev–Trinajstić information content (AvgIpc) is 2.39. The summed E-state index contributed by atoms with van der Waals surface area (Å²) in [6, 6.07) is 9.53. The van der Waals surface area contributed by atoms with Crippen LogP contribution in [0.2, 0.25) is 5.02 Å². The highest BCUT2D eigenvalue weighted by Gasteiger charge is 2.17. The predicted octanol–water partition coefficient (Wildman–Crippen LogP) is 2.17. The maximum Gasteiger partial charge on any atom is 0.182 e. The Hall–Kier alpha value is -1.43. The van der Waals surface area contributed by atoms with Crippen LogP contribution >= 0.6 is 11.6 Å². The first kappa shape index (κ1) is 14.0. The molecule has 0 aliphatic heterocycles. The molecule has 0 atom stereocenters. The van der Waals surface area contributed by atoms with Gasteiger partial charge in [-0.15, -0.1) is 0 Å². The zero-order chi connectivity index (χ0) is 13.9. The molecule has 19 heavy (non-hydrogen) atoms. The molecule has 0 aliphatic carbocycles. The third kappa shape index (κ3) is 3.32. The van der Waals surface area contributed by atoms with E-state index in [1.165, 1.54) is 12.1 Å². The SMILES string of the molecule is NCc1ncccc1CS(=O)(=O)c1ccc(Cl)cc1. The van der Waals surface area contributed by atoms with E-state index in [0.29, 0.717) is 16.3 Å². The summed E-state index contributed by atoms with van der Waals surface area (Å²) in [5.74, 6) is -0.116. The summed E-state index contributed by atoms with van der Waals surface area (Å²) >= 11 is 5.75. The van der Waals surface area contributed by atoms with Gasteiger partial charge in [-0.05, 0) is 35.9 Å². The van der Waals surface area contributed by atoms with Gasteiger partial charge in [0.25, 0.3) is 0 Å². The molecule has 1 aromatic carbocycles. The number of rotatable bonds is 4. The Kier molecular flexibility index (Phi) is 4.19. The Balaban J connectivity index is 2.34. The molecule has 4 nitrogen and oxygen atoms in total. The lowest BCUT2D eigenvalue weighted by Crippen LogP contribution is -2.10. The molecular weight excluding hydrogens is 284 g/mol. The minimum absolute atomic E-state index is 0.116. The van der Waals surface area contributed by atoms with E-state index in [1.807, 2.05) is 0 Å². The molecule has 0 fully saturated rings. The van der Waals surface area contributed by atoms with Crippen molar-refractivity contribution < 1.29 is 8.42 Å². The van der Waals surface area contributed by atoms with E-state index in [2.05, 4.69) is 4.98 Å². The molecule has 2 N–H and O–H groups in total. The zero-order valence-electron chi connectivity index (χ0n) is 10.1. The normalized spacial score (nSPS) is 11.5. The van der Waals surface area contributed by atoms with E-state index < -0.39 is 9.84 Å². The van der Waals surface area contributed by atoms with Crippen LogP contribution in [0.5, 0.6) is 0 Å². The molecule has 2 rings (SSSR count). The summed E-state index contributed by atoms with van der Waals surface area (Å²) in [5, 5.41) is 0.503. The van der Waals surface area contributed by atoms with Gasteiger partial charge in [-0.25, -0.2) is 8.42 Å². The molecule has 0 saturated heterocycles. The summed E-state index contributed by atoms with van der Waals surface area (Å²) in [6.07, 6.45) is 1.60. The van der Waals surface area contributed by atoms with Crippen LogP contribution in [-0.2, 0) is 22.1 Å². The van der Waals surface area contributed by atoms with E-state index in [0.717, 1.165) is 0 Å². The first-order valence-electron chi connectivity index (χ1n) is 5.64. The first-order valence-corrected chi connectivity index (χ1v) is 7.67. The topological polar surface area (TPSA) is 73.0 Å². The second-order valence-corrected chi connectivity index (χ2v) is 6.45. The van der Waals surface area contributed by atoms with Gasteiger partial charge < -0.3 is 5.73 Å². The molecule has 100 valence electrons. The fourth-order valence-electron chi connectivity index (χ4n) is 1.72. The minimum atomic E-state index is -3.42. The number of hydrogen-bond acceptors (Lipinski definition) is 4. The van der Waals surface area contributed by atoms with Gasteiger partial charge in [-0.3, -0.25) is 4.98 Å². The summed E-state index contributed by atoms with van der Waals surface area (Å²) in [6.45, 7) is 0.215. The second kappa shape index (κ2) is 5.69. The van der Waals surface area contributed by atoms with Crippen molar-refractivity contribution in [2.45, 2.75) is 17.2 Å². The number of halogens is 1. The third-order valence-electron chi connectivity index (χ3n) is 2.70. The molecule has 0 aliphatic rings. The lowest BCUT2D eigenvalue weighted by atomic mass is 10.2. The summed E-state index contributed by atoms with van der Waals surface area (Å²) in [4.78, 5) is 4.32. The fourth-order valence-corrected chi connectivity index (χ4v) is 3.23. The monoisotopic (exact) mass is 296 g/mol. The van der Waals surface area contributed by atoms with Gasteiger partial charge in [0, 0.05) is 17.8 Å². The summed E-state index contributed by atoms with van der Waals surface area (Å²) in [5.41, 5.74) is 6.78. The van der Waals surface area contributed by atoms with Gasteiger partial charge in [0.15, 0.2) is 9.84 Å². The first-order chi connectivity index (χ1) is 9.03. The summed E-state index contributed by atoms with van der Waals surface area (Å²) < 4.78 is 24.5. The molecule has 2 aromatic rings. The van der Waals surface area contributed by atoms with Crippen molar-refractivity contribution in [3.8, 4) is 0 Å². The summed E-state index contributed by atoms with van der Waals surface area (Å²) in [7, 11) is -3.42. The van der Waals surface area contributed by atoms with Crippen molar-refractivity contribution in [1.82, 2.24) is 4.98 Å². The molecule has 1 aromatic heterocycles. The van der Waals surface area contributed by atoms with Crippen molar-refractivity contribution in [1.29, 1.82) is 0 Å². The van der Waals surface area contributed by atoms with Gasteiger partial charge in [-0.2, -0.15) is 0 Å². The van der Waals surface area contributed by atoms with Crippen LogP contribution in [-0.4, -0.2) is 13.4 Å². The standard InChI is InChI=1S/C13H13ClN2O2S/c14-11-3-5-12(6-4-11)19(17,18)9-10-2-1-7-16-13(10)8-15/h1-7H,8-9,15H2. The van der Waals surface area contributed by atoms with Crippen molar-refractivity contribution in [3.63, 3.8) is 0 Å². The largest absolute Gasteiger partial charge is 0.325 e. The lowest BCUT2D eigenvalue weighted by molar-refractivity contribution is 0.595. The molecular formula is C13H13ClN2O2S. The van der Waals surface area contributed by atoms with Gasteiger partial charge >= 0.3 is 0 Å². The molecule has 0 spiro atoms. The van der Waals surface area contributed by atoms with E-state index in [9.17, 15) is 8.42 Å². The Morgan fingerprint density at radius 1 is 1.16 bits per heavy atom. The number of benzene rings is 1. The van der Waals surface area contributed by atoms with Crippen molar-refractivity contribution in [2.75, 3.05) is 0 Å². The van der Waals surface area contributed by atoms with Crippen LogP contribution < -0.4 is 5.73 Å². The molecule has 0 saturated carbocycles. The van der Waals surface area contributed by atoms with Crippen molar-refractivity contribution in [3.05, 3.63) is 58.9 Å². The Labute approximate surface area is 117 Å². The quantitative estimate of drug-likeness (QED) is 0.938. The molecule has 1 heterocycles. The van der Waals surface area contributed by atoms with E-state index in [1.54, 1.807) is 30.5 Å². The number of pyridine rings is 1. The molecule has 6 heteroatoms. The number of hydrogen-bond donors (Lipinski definition) is 1. The van der Waals surface area contributed by atoms with E-state index in [4.69, 9.17) is 17.3 Å². The maximum atomic E-state index is 12.3. The number of nitrogens with two attached hydrogens (primary N) is 1. The third-order valence-corrected chi connectivity index (χ3v) is 4.63. The predicted molar refractivity (Wildman–Crippen MR) is 74.5 cm³/mol. The minimum Gasteiger partial charge on any atom is -0.325 e. The van der Waals surface area contributed by atoms with Crippen LogP contribution in [0.15, 0.2) is 47.5 Å². The molecule has 0 radical (unpaired) electrons. The number of nitrogens with zero attached hydrogens (tertiary/aromatic N) is 1. The highest BCUT2D eigenvalue weighted by atomic mass is 35.5. The van der Waals surface area contributed by atoms with Crippen LogP contribution in [0.1, 0.15) is 11.3 Å². The van der Waals surface area contributed by atoms with Crippen LogP contribution in [0, 0.1) is 0 Å². The van der Waals surface area contributed by atoms with E-state index >= 15 is 0 Å². The average molecular weight is 297 g/mol. The Morgan fingerprint density at radius 3 is 2.47 bits per heavy atom. The Morgan fingerprint density at radius 2 is 1.84 bits per heavy atom. The van der Waals surface area contributed by atoms with Crippen LogP contribution in [0.3, 0.4) is 0 Å². The smallest absolute Gasteiger partial charge is 0.182 e. The highest BCUT2D eigenvalue weighted by Crippen LogP contribution is 2.19. The van der Waals surface area contributed by atoms with Gasteiger partial charge in [0.05, 0.1) is 16.3 Å². The van der Waals surface area contributed by atoms with Gasteiger partial charge in [-0.1, -0.05) is 17.7 Å². The number of sulfone groups is 1. The lowest BCUT2D eigenvalue weighted by Gasteiger charge is -2.08. The second-order valence-electron chi connectivity index (χ2n) is 4.03. The number of aromatic nitrogens is 1. The van der Waals surface area contributed by atoms with Crippen LogP contribution in [0.25, 0.3) is 0 Å². The molecule has 0 bridgehead atoms. The fraction of sp³-hybridized carbons (Fsp3) is 0.154. The van der Waals surface area contributed by atoms with Crippen molar-refractivity contribution in [2.24, 2.45) is 5.73 Å². The van der Waals surface area contributed by atoms with E-state index in [-0.39, 0.29) is 17.2 Å². The zero-order valence-corrected chi connectivity index (χ0v) is 11.7. The van der Waals surface area contributed by atoms with Crippen LogP contribution in [0.4, 0.5) is 0 Å². The molecule has 0 amide bonds. The maximum absolute atomic E-state index is 12.3. The van der Waals surface area contributed by atoms with Crippen molar-refractivity contribution >= 4 is 21.4 Å². The Bertz CT molecular complexity index is 669.